The van der Waals surface area contributed by atoms with E-state index in [9.17, 15) is 0 Å². The van der Waals surface area contributed by atoms with Crippen LogP contribution in [0.5, 0.6) is 0 Å². The number of hydrogen-bond donors (Lipinski definition) is 1. The monoisotopic (exact) mass is 315 g/mol. The maximum atomic E-state index is 3.77. The molecule has 1 heteroatoms. The van der Waals surface area contributed by atoms with E-state index in [-0.39, 0.29) is 0 Å². The van der Waals surface area contributed by atoms with Crippen molar-refractivity contribution >= 4 is 0 Å². The van der Waals surface area contributed by atoms with Gasteiger partial charge in [0.05, 0.1) is 0 Å². The number of nitrogens with one attached hydrogen (secondary N) is 1. The molecule has 130 valence electrons. The van der Waals surface area contributed by atoms with Crippen LogP contribution in [0.4, 0.5) is 0 Å². The summed E-state index contributed by atoms with van der Waals surface area (Å²) in [6, 6.07) is 11.1. The van der Waals surface area contributed by atoms with Gasteiger partial charge in [-0.05, 0) is 61.5 Å². The summed E-state index contributed by atoms with van der Waals surface area (Å²) in [7, 11) is 0. The Kier molecular flexibility index (Phi) is 7.62. The van der Waals surface area contributed by atoms with E-state index in [4.69, 9.17) is 0 Å². The highest BCUT2D eigenvalue weighted by Crippen LogP contribution is 2.42. The number of hydrogen-bond acceptors (Lipinski definition) is 1. The van der Waals surface area contributed by atoms with E-state index in [0.29, 0.717) is 5.41 Å². The van der Waals surface area contributed by atoms with Gasteiger partial charge in [0, 0.05) is 6.54 Å². The van der Waals surface area contributed by atoms with E-state index >= 15 is 0 Å². The molecule has 2 rings (SSSR count). The Labute approximate surface area is 144 Å². The normalized spacial score (nSPS) is 25.0. The minimum atomic E-state index is 0.485. The van der Waals surface area contributed by atoms with E-state index in [1.165, 1.54) is 63.5 Å². The highest BCUT2D eigenvalue weighted by Gasteiger charge is 2.34. The first-order chi connectivity index (χ1) is 11.1. The maximum Gasteiger partial charge on any atom is 0.00111 e. The second-order valence-corrected chi connectivity index (χ2v) is 8.27. The van der Waals surface area contributed by atoms with E-state index in [2.05, 4.69) is 56.4 Å². The second-order valence-electron chi connectivity index (χ2n) is 8.27. The lowest BCUT2D eigenvalue weighted by Crippen LogP contribution is -2.40. The zero-order valence-corrected chi connectivity index (χ0v) is 15.6. The topological polar surface area (TPSA) is 12.0 Å². The Morgan fingerprint density at radius 1 is 1.13 bits per heavy atom. The Hall–Kier alpha value is -0.820. The van der Waals surface area contributed by atoms with Crippen LogP contribution in [-0.2, 0) is 6.42 Å². The van der Waals surface area contributed by atoms with Crippen molar-refractivity contribution in [3.05, 3.63) is 35.9 Å². The van der Waals surface area contributed by atoms with Crippen LogP contribution >= 0.6 is 0 Å². The number of benzene rings is 1. The molecule has 0 aliphatic heterocycles. The van der Waals surface area contributed by atoms with Crippen LogP contribution in [0.25, 0.3) is 0 Å². The van der Waals surface area contributed by atoms with Crippen molar-refractivity contribution in [3.63, 3.8) is 0 Å². The first-order valence-electron chi connectivity index (χ1n) is 9.88. The van der Waals surface area contributed by atoms with Crippen LogP contribution in [0, 0.1) is 17.3 Å². The molecule has 0 unspecified atom stereocenters. The fourth-order valence-electron chi connectivity index (χ4n) is 4.14. The predicted molar refractivity (Wildman–Crippen MR) is 102 cm³/mol. The van der Waals surface area contributed by atoms with Crippen LogP contribution in [0.2, 0.25) is 0 Å². The van der Waals surface area contributed by atoms with Crippen molar-refractivity contribution in [3.8, 4) is 0 Å². The molecule has 0 spiro atoms. The first kappa shape index (κ1) is 18.5. The van der Waals surface area contributed by atoms with Crippen molar-refractivity contribution in [1.29, 1.82) is 0 Å². The summed E-state index contributed by atoms with van der Waals surface area (Å²) in [4.78, 5) is 0. The molecule has 0 saturated heterocycles. The van der Waals surface area contributed by atoms with Crippen LogP contribution in [0.15, 0.2) is 30.3 Å². The minimum absolute atomic E-state index is 0.485. The van der Waals surface area contributed by atoms with Gasteiger partial charge in [0.2, 0.25) is 0 Å². The van der Waals surface area contributed by atoms with Gasteiger partial charge < -0.3 is 5.32 Å². The molecule has 1 nitrogen and oxygen atoms in total. The molecular formula is C22H37N. The van der Waals surface area contributed by atoms with E-state index in [0.717, 1.165) is 18.4 Å². The maximum absolute atomic E-state index is 3.77. The summed E-state index contributed by atoms with van der Waals surface area (Å²) >= 11 is 0. The summed E-state index contributed by atoms with van der Waals surface area (Å²) < 4.78 is 0. The van der Waals surface area contributed by atoms with E-state index < -0.39 is 0 Å². The summed E-state index contributed by atoms with van der Waals surface area (Å²) in [5.41, 5.74) is 2.00. The summed E-state index contributed by atoms with van der Waals surface area (Å²) in [6.07, 6.45) is 11.2. The molecule has 1 N–H and O–H groups in total. The van der Waals surface area contributed by atoms with E-state index in [1.54, 1.807) is 0 Å². The van der Waals surface area contributed by atoms with Crippen molar-refractivity contribution < 1.29 is 0 Å². The van der Waals surface area contributed by atoms with Gasteiger partial charge in [0.25, 0.3) is 0 Å². The molecule has 1 aromatic carbocycles. The van der Waals surface area contributed by atoms with Gasteiger partial charge in [-0.3, -0.25) is 0 Å². The van der Waals surface area contributed by atoms with Gasteiger partial charge in [-0.15, -0.1) is 0 Å². The van der Waals surface area contributed by atoms with Crippen LogP contribution in [0.1, 0.15) is 71.3 Å². The van der Waals surface area contributed by atoms with Gasteiger partial charge in [0.15, 0.2) is 0 Å². The largest absolute Gasteiger partial charge is 0.316 e. The Balaban J connectivity index is 1.95. The highest BCUT2D eigenvalue weighted by molar-refractivity contribution is 5.17. The molecule has 1 aromatic rings. The van der Waals surface area contributed by atoms with Crippen molar-refractivity contribution in [2.24, 2.45) is 17.3 Å². The molecule has 0 amide bonds. The lowest BCUT2D eigenvalue weighted by molar-refractivity contribution is 0.137. The molecule has 0 radical (unpaired) electrons. The minimum Gasteiger partial charge on any atom is -0.316 e. The zero-order chi connectivity index (χ0) is 16.5. The fraction of sp³-hybridized carbons (Fsp3) is 0.727. The average molecular weight is 316 g/mol. The summed E-state index contributed by atoms with van der Waals surface area (Å²) in [6.45, 7) is 9.27. The average Bonchev–Trinajstić information content (AvgIpc) is 2.55. The van der Waals surface area contributed by atoms with Crippen molar-refractivity contribution in [1.82, 2.24) is 5.32 Å². The van der Waals surface area contributed by atoms with Crippen molar-refractivity contribution in [2.45, 2.75) is 72.1 Å². The van der Waals surface area contributed by atoms with Gasteiger partial charge in [-0.1, -0.05) is 70.4 Å². The Bertz CT molecular complexity index is 415. The number of unbranched alkanes of at least 4 members (excludes halogenated alkanes) is 1. The molecule has 1 fully saturated rings. The standard InChI is InChI=1S/C22H37N/c1-4-5-9-20-12-14-22(15-13-20,18-23-17-19(2)3)16-21-10-7-6-8-11-21/h6-8,10-11,19-20,23H,4-5,9,12-18H2,1-3H3. The lowest BCUT2D eigenvalue weighted by atomic mass is 9.66. The molecule has 23 heavy (non-hydrogen) atoms. The Morgan fingerprint density at radius 2 is 1.83 bits per heavy atom. The number of rotatable bonds is 9. The second kappa shape index (κ2) is 9.47. The smallest absolute Gasteiger partial charge is 0.00111 e. The third-order valence-corrected chi connectivity index (χ3v) is 5.61. The third-order valence-electron chi connectivity index (χ3n) is 5.61. The molecule has 0 bridgehead atoms. The predicted octanol–water partition coefficient (Wildman–Crippen LogP) is 5.84. The third kappa shape index (κ3) is 6.30. The van der Waals surface area contributed by atoms with Gasteiger partial charge in [-0.2, -0.15) is 0 Å². The highest BCUT2D eigenvalue weighted by atomic mass is 14.9. The molecule has 0 heterocycles. The molecule has 0 atom stereocenters. The van der Waals surface area contributed by atoms with Gasteiger partial charge in [-0.25, -0.2) is 0 Å². The summed E-state index contributed by atoms with van der Waals surface area (Å²) in [5.74, 6) is 1.73. The van der Waals surface area contributed by atoms with Crippen LogP contribution in [0.3, 0.4) is 0 Å². The Morgan fingerprint density at radius 3 is 2.43 bits per heavy atom. The SMILES string of the molecule is CCCCC1CCC(CNCC(C)C)(Cc2ccccc2)CC1. The quantitative estimate of drug-likeness (QED) is 0.603. The molecule has 0 aromatic heterocycles. The zero-order valence-electron chi connectivity index (χ0n) is 15.6. The van der Waals surface area contributed by atoms with Crippen LogP contribution in [-0.4, -0.2) is 13.1 Å². The fourth-order valence-corrected chi connectivity index (χ4v) is 4.14. The molecular weight excluding hydrogens is 278 g/mol. The van der Waals surface area contributed by atoms with Crippen molar-refractivity contribution in [2.75, 3.05) is 13.1 Å². The summed E-state index contributed by atoms with van der Waals surface area (Å²) in [5, 5.41) is 3.77. The van der Waals surface area contributed by atoms with E-state index in [1.807, 2.05) is 0 Å². The van der Waals surface area contributed by atoms with Crippen LogP contribution < -0.4 is 5.32 Å². The van der Waals surface area contributed by atoms with Gasteiger partial charge in [0.1, 0.15) is 0 Å². The molecule has 1 saturated carbocycles. The van der Waals surface area contributed by atoms with Gasteiger partial charge >= 0.3 is 0 Å². The molecule has 1 aliphatic carbocycles. The first-order valence-corrected chi connectivity index (χ1v) is 9.88. The molecule has 1 aliphatic rings. The lowest BCUT2D eigenvalue weighted by Gasteiger charge is -2.41.